The maximum atomic E-state index is 13.8. The number of aliphatic imine (C=N–C) groups is 1. The molecule has 0 aromatic heterocycles. The van der Waals surface area contributed by atoms with Crippen LogP contribution < -0.4 is 5.73 Å². The van der Waals surface area contributed by atoms with Crippen molar-refractivity contribution >= 4 is 17.4 Å². The highest BCUT2D eigenvalue weighted by Crippen LogP contribution is 2.82. The third kappa shape index (κ3) is 1.33. The van der Waals surface area contributed by atoms with Crippen molar-refractivity contribution in [1.82, 2.24) is 0 Å². The summed E-state index contributed by atoms with van der Waals surface area (Å²) < 4.78 is 25.0. The van der Waals surface area contributed by atoms with Gasteiger partial charge in [0, 0.05) is 5.92 Å². The first-order chi connectivity index (χ1) is 11.0. The lowest BCUT2D eigenvalue weighted by Gasteiger charge is -2.25. The fourth-order valence-corrected chi connectivity index (χ4v) is 4.03. The van der Waals surface area contributed by atoms with Crippen LogP contribution in [0.15, 0.2) is 23.2 Å². The van der Waals surface area contributed by atoms with Gasteiger partial charge < -0.3 is 15.2 Å². The van der Waals surface area contributed by atoms with Crippen LogP contribution in [0.4, 0.5) is 4.39 Å². The molecule has 4 rings (SSSR count). The monoisotopic (exact) mass is 332 g/mol. The Morgan fingerprint density at radius 2 is 2.00 bits per heavy atom. The lowest BCUT2D eigenvalue weighted by molar-refractivity contribution is -0.184. The lowest BCUT2D eigenvalue weighted by Crippen LogP contribution is -2.38. The lowest BCUT2D eigenvalue weighted by atomic mass is 9.94. The molecule has 6 nitrogen and oxygen atoms in total. The van der Waals surface area contributed by atoms with Crippen molar-refractivity contribution in [1.29, 1.82) is 10.5 Å². The number of halogens is 2. The van der Waals surface area contributed by atoms with Crippen LogP contribution in [0.3, 0.4) is 0 Å². The molecule has 3 aliphatic rings. The molecule has 3 unspecified atom stereocenters. The number of amidine groups is 1. The number of hydrogen-bond donors (Lipinski definition) is 1. The van der Waals surface area contributed by atoms with Crippen molar-refractivity contribution in [3.05, 3.63) is 34.6 Å². The van der Waals surface area contributed by atoms with Gasteiger partial charge in [-0.1, -0.05) is 17.7 Å². The van der Waals surface area contributed by atoms with Gasteiger partial charge in [-0.2, -0.15) is 10.5 Å². The third-order valence-electron chi connectivity index (χ3n) is 4.88. The Hall–Kier alpha value is -2.19. The number of nitriles is 2. The Bertz CT molecular complexity index is 839. The number of hydrogen-bond acceptors (Lipinski definition) is 6. The van der Waals surface area contributed by atoms with Crippen molar-refractivity contribution in [3.8, 4) is 12.1 Å². The molecule has 23 heavy (non-hydrogen) atoms. The molecule has 1 saturated heterocycles. The molecule has 1 aromatic carbocycles. The fourth-order valence-electron chi connectivity index (χ4n) is 3.91. The summed E-state index contributed by atoms with van der Waals surface area (Å²) in [5, 5.41) is 19.6. The first-order valence-corrected chi connectivity index (χ1v) is 7.28. The summed E-state index contributed by atoms with van der Waals surface area (Å²) in [5.74, 6) is -2.97. The first kappa shape index (κ1) is 14.4. The summed E-state index contributed by atoms with van der Waals surface area (Å²) in [5.41, 5.74) is 3.58. The highest BCUT2D eigenvalue weighted by molar-refractivity contribution is 6.30. The summed E-state index contributed by atoms with van der Waals surface area (Å²) in [7, 11) is 0. The highest BCUT2D eigenvalue weighted by atomic mass is 35.5. The van der Waals surface area contributed by atoms with Gasteiger partial charge in [-0.15, -0.1) is 0 Å². The maximum Gasteiger partial charge on any atom is 0.293 e. The second kappa shape index (κ2) is 4.21. The zero-order valence-electron chi connectivity index (χ0n) is 11.7. The number of nitrogens with two attached hydrogens (primary N) is 1. The Labute approximate surface area is 135 Å². The van der Waals surface area contributed by atoms with Gasteiger partial charge in [0.2, 0.25) is 0 Å². The predicted molar refractivity (Wildman–Crippen MR) is 76.5 cm³/mol. The van der Waals surface area contributed by atoms with E-state index in [-0.39, 0.29) is 24.1 Å². The SMILES string of the molecule is N#CC12C(N)=NC3(OCCO3)C1(C#N)C2c1ccc(Cl)c(F)c1. The van der Waals surface area contributed by atoms with Crippen LogP contribution in [0.25, 0.3) is 0 Å². The summed E-state index contributed by atoms with van der Waals surface area (Å²) in [6.45, 7) is 0.479. The minimum atomic E-state index is -1.61. The van der Waals surface area contributed by atoms with E-state index >= 15 is 0 Å². The van der Waals surface area contributed by atoms with Crippen LogP contribution in [0, 0.1) is 39.3 Å². The van der Waals surface area contributed by atoms with Gasteiger partial charge in [-0.3, -0.25) is 0 Å². The molecule has 1 aliphatic carbocycles. The molecule has 0 bridgehead atoms. The molecule has 2 N–H and O–H groups in total. The largest absolute Gasteiger partial charge is 0.386 e. The number of nitrogens with zero attached hydrogens (tertiary/aromatic N) is 3. The smallest absolute Gasteiger partial charge is 0.293 e. The van der Waals surface area contributed by atoms with E-state index in [2.05, 4.69) is 17.1 Å². The number of ether oxygens (including phenoxy) is 2. The quantitative estimate of drug-likeness (QED) is 0.842. The summed E-state index contributed by atoms with van der Waals surface area (Å²) in [6.07, 6.45) is 0. The molecule has 3 atom stereocenters. The fraction of sp³-hybridized carbons (Fsp3) is 0.400. The standard InChI is InChI=1S/C15H10ClFN4O2/c16-9-2-1-8(5-10(9)17)11-13(6-18)12(20)21-15(14(11,13)7-19)22-3-4-23-15/h1-2,5,11H,3-4H2,(H2,20,21). The second-order valence-corrected chi connectivity index (χ2v) is 6.13. The zero-order valence-corrected chi connectivity index (χ0v) is 12.5. The van der Waals surface area contributed by atoms with Crippen LogP contribution in [-0.2, 0) is 9.47 Å². The molecule has 2 heterocycles. The summed E-state index contributed by atoms with van der Waals surface area (Å²) in [6, 6.07) is 8.39. The number of fused-ring (bicyclic) bond motifs is 2. The van der Waals surface area contributed by atoms with Gasteiger partial charge in [0.15, 0.2) is 5.41 Å². The van der Waals surface area contributed by atoms with Gasteiger partial charge >= 0.3 is 0 Å². The van der Waals surface area contributed by atoms with Crippen LogP contribution in [0.5, 0.6) is 0 Å². The Morgan fingerprint density at radius 1 is 1.30 bits per heavy atom. The maximum absolute atomic E-state index is 13.8. The minimum absolute atomic E-state index is 0.0243. The van der Waals surface area contributed by atoms with Crippen LogP contribution in [-0.4, -0.2) is 25.0 Å². The van der Waals surface area contributed by atoms with Gasteiger partial charge in [-0.05, 0) is 17.7 Å². The zero-order chi connectivity index (χ0) is 16.5. The Balaban J connectivity index is 1.93. The van der Waals surface area contributed by atoms with E-state index in [4.69, 9.17) is 26.8 Å². The van der Waals surface area contributed by atoms with Crippen molar-refractivity contribution in [2.75, 3.05) is 13.2 Å². The van der Waals surface area contributed by atoms with Crippen molar-refractivity contribution in [2.24, 2.45) is 21.6 Å². The summed E-state index contributed by atoms with van der Waals surface area (Å²) >= 11 is 5.71. The molecule has 116 valence electrons. The highest BCUT2D eigenvalue weighted by Gasteiger charge is 2.94. The molecule has 2 fully saturated rings. The van der Waals surface area contributed by atoms with Crippen molar-refractivity contribution < 1.29 is 13.9 Å². The van der Waals surface area contributed by atoms with Crippen LogP contribution in [0.1, 0.15) is 11.5 Å². The molecular formula is C15H10ClFN4O2. The third-order valence-corrected chi connectivity index (χ3v) is 5.19. The van der Waals surface area contributed by atoms with E-state index in [1.165, 1.54) is 12.1 Å². The van der Waals surface area contributed by atoms with Crippen molar-refractivity contribution in [3.63, 3.8) is 0 Å². The van der Waals surface area contributed by atoms with Crippen LogP contribution >= 0.6 is 11.6 Å². The number of benzene rings is 1. The van der Waals surface area contributed by atoms with E-state index in [0.29, 0.717) is 5.56 Å². The molecule has 8 heteroatoms. The van der Waals surface area contributed by atoms with E-state index in [9.17, 15) is 14.9 Å². The second-order valence-electron chi connectivity index (χ2n) is 5.72. The van der Waals surface area contributed by atoms with Crippen LogP contribution in [0.2, 0.25) is 5.02 Å². The topological polar surface area (TPSA) is 104 Å². The molecule has 1 spiro atoms. The molecular weight excluding hydrogens is 323 g/mol. The molecule has 0 amide bonds. The Morgan fingerprint density at radius 3 is 2.57 bits per heavy atom. The van der Waals surface area contributed by atoms with E-state index in [0.717, 1.165) is 0 Å². The van der Waals surface area contributed by atoms with Gasteiger partial charge in [-0.25, -0.2) is 9.38 Å². The van der Waals surface area contributed by atoms with Gasteiger partial charge in [0.1, 0.15) is 17.1 Å². The minimum Gasteiger partial charge on any atom is -0.386 e. The molecule has 1 aromatic rings. The summed E-state index contributed by atoms with van der Waals surface area (Å²) in [4.78, 5) is 4.14. The van der Waals surface area contributed by atoms with E-state index in [1.807, 2.05) is 0 Å². The molecule has 0 radical (unpaired) electrons. The van der Waals surface area contributed by atoms with Crippen molar-refractivity contribution in [2.45, 2.75) is 11.8 Å². The predicted octanol–water partition coefficient (Wildman–Crippen LogP) is 1.67. The molecule has 2 aliphatic heterocycles. The average Bonchev–Trinajstić information content (AvgIpc) is 2.79. The Kier molecular flexibility index (Phi) is 2.64. The van der Waals surface area contributed by atoms with Gasteiger partial charge in [0.05, 0.1) is 30.4 Å². The average molecular weight is 333 g/mol. The van der Waals surface area contributed by atoms with E-state index < -0.39 is 28.5 Å². The molecule has 1 saturated carbocycles. The van der Waals surface area contributed by atoms with Gasteiger partial charge in [0.25, 0.3) is 5.91 Å². The number of rotatable bonds is 1. The van der Waals surface area contributed by atoms with E-state index in [1.54, 1.807) is 6.07 Å². The first-order valence-electron chi connectivity index (χ1n) is 6.90. The normalized spacial score (nSPS) is 36.2.